The van der Waals surface area contributed by atoms with Crippen molar-refractivity contribution in [2.24, 2.45) is 5.73 Å². The van der Waals surface area contributed by atoms with Gasteiger partial charge in [0.15, 0.2) is 0 Å². The van der Waals surface area contributed by atoms with Crippen LogP contribution in [-0.2, 0) is 15.8 Å². The monoisotopic (exact) mass is 339 g/mol. The van der Waals surface area contributed by atoms with Gasteiger partial charge in [-0.25, -0.2) is 13.1 Å². The standard InChI is InChI=1S/C15H21N3O4S/c16-12-6-8-13(9-7-12)17-14-15(22-21-14)18-23(19,20)10-11-4-2-1-3-5-11/h1-5,12-13,17-18H,6-10,16H2. The fourth-order valence-electron chi connectivity index (χ4n) is 2.70. The number of hydrogen-bond donors (Lipinski definition) is 3. The van der Waals surface area contributed by atoms with Crippen LogP contribution in [0.1, 0.15) is 31.2 Å². The molecule has 1 aliphatic carbocycles. The van der Waals surface area contributed by atoms with Crippen LogP contribution in [0.15, 0.2) is 39.5 Å². The van der Waals surface area contributed by atoms with E-state index >= 15 is 0 Å². The predicted octanol–water partition coefficient (Wildman–Crippen LogP) is 2.50. The molecule has 3 rings (SSSR count). The highest BCUT2D eigenvalue weighted by Gasteiger charge is 2.26. The molecule has 8 heteroatoms. The van der Waals surface area contributed by atoms with Crippen molar-refractivity contribution in [2.75, 3.05) is 10.0 Å². The van der Waals surface area contributed by atoms with E-state index < -0.39 is 10.0 Å². The highest BCUT2D eigenvalue weighted by Crippen LogP contribution is 2.31. The first-order chi connectivity index (χ1) is 11.0. The third-order valence-corrected chi connectivity index (χ3v) is 5.18. The Morgan fingerprint density at radius 3 is 2.30 bits per heavy atom. The molecule has 2 aromatic rings. The number of nitrogens with two attached hydrogens (primary N) is 1. The maximum absolute atomic E-state index is 12.2. The first kappa shape index (κ1) is 15.9. The Balaban J connectivity index is 1.57. The normalized spacial score (nSPS) is 22.0. The van der Waals surface area contributed by atoms with Crippen LogP contribution < -0.4 is 15.8 Å². The molecule has 23 heavy (non-hydrogen) atoms. The molecule has 126 valence electrons. The van der Waals surface area contributed by atoms with Crippen molar-refractivity contribution in [3.05, 3.63) is 35.9 Å². The van der Waals surface area contributed by atoms with Gasteiger partial charge in [0.05, 0.1) is 5.75 Å². The zero-order valence-electron chi connectivity index (χ0n) is 12.7. The molecule has 0 atom stereocenters. The molecule has 1 aromatic carbocycles. The Morgan fingerprint density at radius 1 is 1.04 bits per heavy atom. The van der Waals surface area contributed by atoms with Crippen molar-refractivity contribution in [1.82, 2.24) is 0 Å². The van der Waals surface area contributed by atoms with Crippen LogP contribution in [0.3, 0.4) is 0 Å². The summed E-state index contributed by atoms with van der Waals surface area (Å²) in [4.78, 5) is 0. The van der Waals surface area contributed by atoms with E-state index in [1.54, 1.807) is 24.3 Å². The first-order valence-electron chi connectivity index (χ1n) is 7.67. The maximum Gasteiger partial charge on any atom is 0.322 e. The van der Waals surface area contributed by atoms with Crippen LogP contribution in [-0.4, -0.2) is 20.5 Å². The van der Waals surface area contributed by atoms with Crippen molar-refractivity contribution in [1.29, 1.82) is 0 Å². The van der Waals surface area contributed by atoms with E-state index in [4.69, 9.17) is 14.9 Å². The van der Waals surface area contributed by atoms with Gasteiger partial charge in [-0.1, -0.05) is 30.3 Å². The topological polar surface area (TPSA) is 110 Å². The number of nitrogens with one attached hydrogen (secondary N) is 2. The highest BCUT2D eigenvalue weighted by molar-refractivity contribution is 7.91. The van der Waals surface area contributed by atoms with Crippen LogP contribution in [0.5, 0.6) is 0 Å². The number of sulfonamides is 1. The summed E-state index contributed by atoms with van der Waals surface area (Å²) in [7, 11) is -3.55. The molecule has 1 heterocycles. The van der Waals surface area contributed by atoms with E-state index in [1.165, 1.54) is 0 Å². The van der Waals surface area contributed by atoms with E-state index in [0.29, 0.717) is 11.4 Å². The summed E-state index contributed by atoms with van der Waals surface area (Å²) in [6.45, 7) is 0. The van der Waals surface area contributed by atoms with Crippen molar-refractivity contribution in [3.63, 3.8) is 0 Å². The third-order valence-electron chi connectivity index (χ3n) is 3.97. The van der Waals surface area contributed by atoms with E-state index in [1.807, 2.05) is 6.07 Å². The Labute approximate surface area is 135 Å². The third kappa shape index (κ3) is 4.29. The molecule has 1 aliphatic rings. The number of anilines is 2. The Morgan fingerprint density at radius 2 is 1.70 bits per heavy atom. The Kier molecular flexibility index (Phi) is 4.63. The molecule has 4 N–H and O–H groups in total. The van der Waals surface area contributed by atoms with Gasteiger partial charge >= 0.3 is 11.8 Å². The molecule has 7 nitrogen and oxygen atoms in total. The smallest absolute Gasteiger partial charge is 0.322 e. The molecule has 0 unspecified atom stereocenters. The quantitative estimate of drug-likeness (QED) is 0.697. The van der Waals surface area contributed by atoms with Crippen molar-refractivity contribution in [2.45, 2.75) is 43.5 Å². The fraction of sp³-hybridized carbons (Fsp3) is 0.467. The first-order valence-corrected chi connectivity index (χ1v) is 9.32. The van der Waals surface area contributed by atoms with Crippen molar-refractivity contribution in [3.8, 4) is 0 Å². The summed E-state index contributed by atoms with van der Waals surface area (Å²) in [6, 6.07) is 9.44. The second kappa shape index (κ2) is 6.67. The van der Waals surface area contributed by atoms with Crippen LogP contribution in [0.25, 0.3) is 0 Å². The molecule has 1 saturated carbocycles. The lowest BCUT2D eigenvalue weighted by molar-refractivity contribution is 0.0286. The van der Waals surface area contributed by atoms with Gasteiger partial charge in [0.25, 0.3) is 0 Å². The minimum absolute atomic E-state index is 0.107. The Hall–Kier alpha value is -1.93. The second-order valence-electron chi connectivity index (χ2n) is 5.93. The summed E-state index contributed by atoms with van der Waals surface area (Å²) in [5.74, 6) is 0.324. The largest absolute Gasteiger partial charge is 0.345 e. The summed E-state index contributed by atoms with van der Waals surface area (Å²) < 4.78 is 36.4. The molecule has 0 bridgehead atoms. The van der Waals surface area contributed by atoms with Gasteiger partial charge in [-0.05, 0) is 31.2 Å². The Bertz CT molecular complexity index is 715. The van der Waals surface area contributed by atoms with Crippen molar-refractivity contribution >= 4 is 21.8 Å². The molecular weight excluding hydrogens is 318 g/mol. The zero-order chi connectivity index (χ0) is 16.3. The summed E-state index contributed by atoms with van der Waals surface area (Å²) in [6.07, 6.45) is 3.75. The zero-order valence-corrected chi connectivity index (χ0v) is 13.5. The lowest BCUT2D eigenvalue weighted by Gasteiger charge is -2.27. The number of hydrogen-bond acceptors (Lipinski definition) is 6. The molecule has 1 fully saturated rings. The van der Waals surface area contributed by atoms with Crippen molar-refractivity contribution < 1.29 is 17.6 Å². The second-order valence-corrected chi connectivity index (χ2v) is 7.65. The molecular formula is C15H21N3O4S. The van der Waals surface area contributed by atoms with Gasteiger partial charge in [-0.3, -0.25) is 9.15 Å². The van der Waals surface area contributed by atoms with Crippen LogP contribution in [0.2, 0.25) is 0 Å². The average Bonchev–Trinajstić information content (AvgIpc) is 2.52. The minimum Gasteiger partial charge on any atom is -0.345 e. The molecule has 0 amide bonds. The fourth-order valence-corrected chi connectivity index (χ4v) is 3.81. The molecule has 0 aliphatic heterocycles. The van der Waals surface area contributed by atoms with Crippen LogP contribution in [0, 0.1) is 0 Å². The van der Waals surface area contributed by atoms with E-state index in [9.17, 15) is 8.42 Å². The maximum atomic E-state index is 12.2. The lowest BCUT2D eigenvalue weighted by atomic mass is 9.92. The predicted molar refractivity (Wildman–Crippen MR) is 87.5 cm³/mol. The van der Waals surface area contributed by atoms with Gasteiger partial charge in [-0.15, -0.1) is 0 Å². The van der Waals surface area contributed by atoms with Gasteiger partial charge in [0.1, 0.15) is 0 Å². The lowest BCUT2D eigenvalue weighted by Crippen LogP contribution is -2.33. The number of benzene rings is 1. The minimum atomic E-state index is -3.55. The molecule has 0 radical (unpaired) electrons. The van der Waals surface area contributed by atoms with E-state index in [0.717, 1.165) is 25.7 Å². The summed E-state index contributed by atoms with van der Waals surface area (Å²) in [5.41, 5.74) is 6.58. The molecule has 0 saturated heterocycles. The molecule has 1 aromatic heterocycles. The van der Waals surface area contributed by atoms with Gasteiger partial charge in [0, 0.05) is 12.1 Å². The number of rotatable bonds is 6. The molecule has 0 spiro atoms. The van der Waals surface area contributed by atoms with E-state index in [-0.39, 0.29) is 23.7 Å². The van der Waals surface area contributed by atoms with E-state index in [2.05, 4.69) is 10.0 Å². The SMILES string of the molecule is NC1CCC(Nc2ooc2NS(=O)(=O)Cc2ccccc2)CC1. The van der Waals surface area contributed by atoms with Gasteiger partial charge in [-0.2, -0.15) is 0 Å². The average molecular weight is 339 g/mol. The summed E-state index contributed by atoms with van der Waals surface area (Å²) >= 11 is 0. The van der Waals surface area contributed by atoms with Gasteiger partial charge < -0.3 is 11.1 Å². The van der Waals surface area contributed by atoms with Gasteiger partial charge in [0.2, 0.25) is 10.0 Å². The summed E-state index contributed by atoms with van der Waals surface area (Å²) in [5, 5.41) is 3.16. The van der Waals surface area contributed by atoms with Crippen LogP contribution in [0.4, 0.5) is 11.8 Å². The highest BCUT2D eigenvalue weighted by atomic mass is 32.2. The van der Waals surface area contributed by atoms with Crippen LogP contribution >= 0.6 is 0 Å².